The lowest BCUT2D eigenvalue weighted by Crippen LogP contribution is -2.11. The fraction of sp³-hybridized carbons (Fsp3) is 0.130. The van der Waals surface area contributed by atoms with Crippen LogP contribution < -0.4 is 10.1 Å². The van der Waals surface area contributed by atoms with Crippen LogP contribution in [0.15, 0.2) is 67.1 Å². The number of anilines is 1. The Hall–Kier alpha value is -4.18. The minimum absolute atomic E-state index is 0.0990. The average molecular weight is 462 g/mol. The van der Waals surface area contributed by atoms with Gasteiger partial charge in [0, 0.05) is 18.1 Å². The second kappa shape index (κ2) is 10.4. The number of amides is 1. The summed E-state index contributed by atoms with van der Waals surface area (Å²) in [4.78, 5) is 33.1. The Morgan fingerprint density at radius 1 is 1.03 bits per heavy atom. The number of hydrogen-bond acceptors (Lipinski definition) is 9. The van der Waals surface area contributed by atoms with Crippen LogP contribution in [-0.4, -0.2) is 32.0 Å². The highest BCUT2D eigenvalue weighted by Gasteiger charge is 2.18. The van der Waals surface area contributed by atoms with Gasteiger partial charge in [0.15, 0.2) is 5.01 Å². The summed E-state index contributed by atoms with van der Waals surface area (Å²) in [5.41, 5.74) is 1.99. The molecule has 0 saturated carbocycles. The molecule has 1 aromatic carbocycles. The molecule has 4 rings (SSSR count). The molecule has 0 radical (unpaired) electrons. The van der Waals surface area contributed by atoms with Crippen molar-refractivity contribution in [3.05, 3.63) is 88.3 Å². The number of esters is 1. The summed E-state index contributed by atoms with van der Waals surface area (Å²) in [5, 5.41) is 11.2. The Kier molecular flexibility index (Phi) is 6.96. The third kappa shape index (κ3) is 5.74. The van der Waals surface area contributed by atoms with E-state index in [1.165, 1.54) is 18.0 Å². The molecule has 0 aliphatic carbocycles. The molecule has 166 valence electrons. The average Bonchev–Trinajstić information content (AvgIpc) is 3.33. The second-order valence-corrected chi connectivity index (χ2v) is 7.79. The highest BCUT2D eigenvalue weighted by molar-refractivity contribution is 7.13. The number of nitrogens with one attached hydrogen (secondary N) is 1. The molecule has 0 bridgehead atoms. The Balaban J connectivity index is 1.36. The first-order chi connectivity index (χ1) is 16.1. The molecule has 33 heavy (non-hydrogen) atoms. The Morgan fingerprint density at radius 2 is 1.85 bits per heavy atom. The van der Waals surface area contributed by atoms with Crippen LogP contribution in [-0.2, 0) is 17.8 Å². The lowest BCUT2D eigenvalue weighted by Gasteiger charge is -2.08. The smallest absolute Gasteiger partial charge is 0.344 e. The van der Waals surface area contributed by atoms with Crippen LogP contribution in [0.5, 0.6) is 11.6 Å². The van der Waals surface area contributed by atoms with E-state index >= 15 is 0 Å². The van der Waals surface area contributed by atoms with E-state index in [-0.39, 0.29) is 29.0 Å². The van der Waals surface area contributed by atoms with Gasteiger partial charge in [-0.3, -0.25) is 9.78 Å². The first kappa shape index (κ1) is 22.0. The number of aromatic nitrogens is 4. The lowest BCUT2D eigenvalue weighted by molar-refractivity contribution is 0.0468. The zero-order valence-corrected chi connectivity index (χ0v) is 18.4. The molecule has 0 unspecified atom stereocenters. The maximum absolute atomic E-state index is 12.6. The van der Waals surface area contributed by atoms with Gasteiger partial charge in [0.25, 0.3) is 5.91 Å². The molecule has 10 heteroatoms. The number of ether oxygens (including phenoxy) is 2. The Labute approximate surface area is 193 Å². The number of pyridine rings is 2. The highest BCUT2D eigenvalue weighted by atomic mass is 32.1. The lowest BCUT2D eigenvalue weighted by atomic mass is 10.1. The van der Waals surface area contributed by atoms with Crippen LogP contribution in [0.1, 0.15) is 37.7 Å². The van der Waals surface area contributed by atoms with Crippen molar-refractivity contribution in [2.75, 3.05) is 5.32 Å². The topological polar surface area (TPSA) is 116 Å². The molecule has 1 amide bonds. The van der Waals surface area contributed by atoms with Crippen LogP contribution >= 0.6 is 11.3 Å². The van der Waals surface area contributed by atoms with Crippen molar-refractivity contribution in [2.45, 2.75) is 20.0 Å². The maximum atomic E-state index is 12.6. The molecule has 0 saturated heterocycles. The minimum Gasteiger partial charge on any atom is -0.454 e. The second-order valence-electron chi connectivity index (χ2n) is 6.73. The number of carbonyl (C=O) groups is 2. The van der Waals surface area contributed by atoms with E-state index in [0.29, 0.717) is 16.4 Å². The highest BCUT2D eigenvalue weighted by Crippen LogP contribution is 2.23. The fourth-order valence-electron chi connectivity index (χ4n) is 2.76. The van der Waals surface area contributed by atoms with Gasteiger partial charge in [-0.25, -0.2) is 9.78 Å². The standard InChI is InChI=1S/C23H19N5O4S/c1-2-15-7-9-16(10-8-15)26-20(29)22-28-27-19(33-22)14-31-23(30)18-6-4-12-25-21(18)32-17-5-3-11-24-13-17/h3-13H,2,14H2,1H3,(H,26,29). The molecular formula is C23H19N5O4S. The summed E-state index contributed by atoms with van der Waals surface area (Å²) < 4.78 is 11.0. The zero-order valence-electron chi connectivity index (χ0n) is 17.6. The van der Waals surface area contributed by atoms with E-state index in [2.05, 4.69) is 32.4 Å². The number of nitrogens with zero attached hydrogens (tertiary/aromatic N) is 4. The summed E-state index contributed by atoms with van der Waals surface area (Å²) in [5.74, 6) is -0.482. The van der Waals surface area contributed by atoms with E-state index in [1.807, 2.05) is 24.3 Å². The van der Waals surface area contributed by atoms with E-state index in [1.54, 1.807) is 30.5 Å². The summed E-state index contributed by atoms with van der Waals surface area (Å²) >= 11 is 1.05. The summed E-state index contributed by atoms with van der Waals surface area (Å²) in [7, 11) is 0. The van der Waals surface area contributed by atoms with Gasteiger partial charge in [-0.05, 0) is 48.4 Å². The van der Waals surface area contributed by atoms with Crippen LogP contribution in [0, 0.1) is 0 Å². The summed E-state index contributed by atoms with van der Waals surface area (Å²) in [6.07, 6.45) is 5.55. The van der Waals surface area contributed by atoms with Gasteiger partial charge < -0.3 is 14.8 Å². The molecule has 0 aliphatic rings. The monoisotopic (exact) mass is 461 g/mol. The van der Waals surface area contributed by atoms with Crippen LogP contribution in [0.4, 0.5) is 5.69 Å². The van der Waals surface area contributed by atoms with Crippen molar-refractivity contribution in [1.82, 2.24) is 20.2 Å². The van der Waals surface area contributed by atoms with Gasteiger partial charge in [-0.1, -0.05) is 30.4 Å². The number of aryl methyl sites for hydroxylation is 1. The molecule has 3 heterocycles. The third-order valence-electron chi connectivity index (χ3n) is 4.45. The quantitative estimate of drug-likeness (QED) is 0.386. The SMILES string of the molecule is CCc1ccc(NC(=O)c2nnc(COC(=O)c3cccnc3Oc3cccnc3)s2)cc1. The Morgan fingerprint density at radius 3 is 2.61 bits per heavy atom. The maximum Gasteiger partial charge on any atom is 0.344 e. The number of hydrogen-bond donors (Lipinski definition) is 1. The van der Waals surface area contributed by atoms with Crippen molar-refractivity contribution >= 4 is 28.9 Å². The van der Waals surface area contributed by atoms with E-state index in [9.17, 15) is 9.59 Å². The van der Waals surface area contributed by atoms with E-state index < -0.39 is 5.97 Å². The zero-order chi connectivity index (χ0) is 23.0. The molecule has 4 aromatic rings. The van der Waals surface area contributed by atoms with Gasteiger partial charge in [0.05, 0.1) is 6.20 Å². The molecule has 3 aromatic heterocycles. The third-order valence-corrected chi connectivity index (χ3v) is 5.34. The van der Waals surface area contributed by atoms with E-state index in [0.717, 1.165) is 17.8 Å². The largest absolute Gasteiger partial charge is 0.454 e. The van der Waals surface area contributed by atoms with Crippen molar-refractivity contribution in [3.8, 4) is 11.6 Å². The van der Waals surface area contributed by atoms with Crippen molar-refractivity contribution in [2.24, 2.45) is 0 Å². The summed E-state index contributed by atoms with van der Waals surface area (Å²) in [6, 6.07) is 14.1. The number of benzene rings is 1. The summed E-state index contributed by atoms with van der Waals surface area (Å²) in [6.45, 7) is 1.92. The fourth-order valence-corrected chi connectivity index (χ4v) is 3.41. The predicted octanol–water partition coefficient (Wildman–Crippen LogP) is 4.29. The van der Waals surface area contributed by atoms with Gasteiger partial charge in [-0.15, -0.1) is 10.2 Å². The normalized spacial score (nSPS) is 10.5. The predicted molar refractivity (Wildman–Crippen MR) is 121 cm³/mol. The van der Waals surface area contributed by atoms with Crippen LogP contribution in [0.25, 0.3) is 0 Å². The van der Waals surface area contributed by atoms with Gasteiger partial charge >= 0.3 is 5.97 Å². The van der Waals surface area contributed by atoms with Gasteiger partial charge in [0.1, 0.15) is 17.9 Å². The first-order valence-electron chi connectivity index (χ1n) is 10.0. The molecule has 0 spiro atoms. The number of rotatable bonds is 8. The minimum atomic E-state index is -0.640. The molecule has 0 fully saturated rings. The first-order valence-corrected chi connectivity index (χ1v) is 10.9. The molecule has 0 aliphatic heterocycles. The van der Waals surface area contributed by atoms with Crippen LogP contribution in [0.3, 0.4) is 0 Å². The van der Waals surface area contributed by atoms with Gasteiger partial charge in [-0.2, -0.15) is 0 Å². The van der Waals surface area contributed by atoms with E-state index in [4.69, 9.17) is 9.47 Å². The van der Waals surface area contributed by atoms with Gasteiger partial charge in [0.2, 0.25) is 10.9 Å². The van der Waals surface area contributed by atoms with Crippen LogP contribution in [0.2, 0.25) is 0 Å². The number of carbonyl (C=O) groups excluding carboxylic acids is 2. The van der Waals surface area contributed by atoms with Crippen molar-refractivity contribution < 1.29 is 19.1 Å². The molecule has 0 atom stereocenters. The Bertz CT molecular complexity index is 1250. The molecule has 9 nitrogen and oxygen atoms in total. The molecule has 1 N–H and O–H groups in total. The van der Waals surface area contributed by atoms with Crippen molar-refractivity contribution in [3.63, 3.8) is 0 Å². The van der Waals surface area contributed by atoms with Crippen molar-refractivity contribution in [1.29, 1.82) is 0 Å². The molecular weight excluding hydrogens is 442 g/mol.